The van der Waals surface area contributed by atoms with E-state index >= 15 is 0 Å². The smallest absolute Gasteiger partial charge is 0.0322 e. The van der Waals surface area contributed by atoms with Crippen LogP contribution in [0.4, 0.5) is 0 Å². The van der Waals surface area contributed by atoms with Gasteiger partial charge in [0, 0.05) is 0 Å². The van der Waals surface area contributed by atoms with E-state index in [9.17, 15) is 0 Å². The zero-order valence-corrected chi connectivity index (χ0v) is 11.3. The van der Waals surface area contributed by atoms with Gasteiger partial charge in [0.2, 0.25) is 0 Å². The summed E-state index contributed by atoms with van der Waals surface area (Å²) in [6.45, 7) is 9.16. The average molecular weight is 210 g/mol. The van der Waals surface area contributed by atoms with Gasteiger partial charge >= 0.3 is 0 Å². The van der Waals surface area contributed by atoms with E-state index in [1.807, 2.05) is 0 Å². The van der Waals surface area contributed by atoms with Gasteiger partial charge in [0.15, 0.2) is 0 Å². The molecule has 0 saturated heterocycles. The van der Waals surface area contributed by atoms with Crippen molar-refractivity contribution in [2.75, 3.05) is 0 Å². The van der Waals surface area contributed by atoms with Crippen LogP contribution in [0.5, 0.6) is 0 Å². The summed E-state index contributed by atoms with van der Waals surface area (Å²) < 4.78 is 0. The molecule has 0 N–H and O–H groups in total. The van der Waals surface area contributed by atoms with Gasteiger partial charge in [0.05, 0.1) is 0 Å². The Morgan fingerprint density at radius 2 is 1.87 bits per heavy atom. The van der Waals surface area contributed by atoms with Crippen molar-refractivity contribution < 1.29 is 0 Å². The first-order valence-electron chi connectivity index (χ1n) is 6.85. The lowest BCUT2D eigenvalue weighted by atomic mass is 9.88. The van der Waals surface area contributed by atoms with E-state index in [1.54, 1.807) is 0 Å². The van der Waals surface area contributed by atoms with Crippen LogP contribution in [-0.2, 0) is 0 Å². The predicted octanol–water partition coefficient (Wildman–Crippen LogP) is 5.59. The van der Waals surface area contributed by atoms with Gasteiger partial charge in [-0.3, -0.25) is 0 Å². The molecule has 0 aliphatic heterocycles. The molecule has 2 unspecified atom stereocenters. The topological polar surface area (TPSA) is 0 Å². The van der Waals surface area contributed by atoms with Crippen LogP contribution in [-0.4, -0.2) is 0 Å². The second kappa shape index (κ2) is 10.3. The first kappa shape index (κ1) is 14.7. The van der Waals surface area contributed by atoms with Crippen LogP contribution in [0.3, 0.4) is 0 Å². The van der Waals surface area contributed by atoms with E-state index in [4.69, 9.17) is 0 Å². The van der Waals surface area contributed by atoms with Crippen molar-refractivity contribution in [1.82, 2.24) is 0 Å². The van der Waals surface area contributed by atoms with Crippen LogP contribution < -0.4 is 0 Å². The van der Waals surface area contributed by atoms with Crippen LogP contribution in [0.15, 0.2) is 12.2 Å². The SMILES string of the molecule is CC=CCC(CC)CC(C)CCCCC. The minimum Gasteiger partial charge on any atom is -0.0917 e. The highest BCUT2D eigenvalue weighted by atomic mass is 14.2. The van der Waals surface area contributed by atoms with E-state index < -0.39 is 0 Å². The maximum Gasteiger partial charge on any atom is -0.0322 e. The molecule has 0 aliphatic carbocycles. The molecule has 0 bridgehead atoms. The first-order valence-corrected chi connectivity index (χ1v) is 6.85. The van der Waals surface area contributed by atoms with Crippen LogP contribution in [0.25, 0.3) is 0 Å². The Hall–Kier alpha value is -0.260. The average Bonchev–Trinajstić information content (AvgIpc) is 2.24. The molecule has 0 aromatic carbocycles. The fourth-order valence-corrected chi connectivity index (χ4v) is 2.19. The molecule has 0 nitrogen and oxygen atoms in total. The third-order valence-corrected chi connectivity index (χ3v) is 3.32. The van der Waals surface area contributed by atoms with Gasteiger partial charge in [-0.05, 0) is 31.6 Å². The van der Waals surface area contributed by atoms with Crippen molar-refractivity contribution in [3.8, 4) is 0 Å². The standard InChI is InChI=1S/C15H30/c1-5-8-10-11-14(4)13-15(7-3)12-9-6-2/h6,9,14-15H,5,7-8,10-13H2,1-4H3. The highest BCUT2D eigenvalue weighted by Crippen LogP contribution is 2.23. The van der Waals surface area contributed by atoms with Crippen molar-refractivity contribution in [1.29, 1.82) is 0 Å². The van der Waals surface area contributed by atoms with Crippen LogP contribution in [0.2, 0.25) is 0 Å². The van der Waals surface area contributed by atoms with Gasteiger partial charge in [0.1, 0.15) is 0 Å². The third-order valence-electron chi connectivity index (χ3n) is 3.32. The van der Waals surface area contributed by atoms with E-state index in [0.29, 0.717) is 0 Å². The van der Waals surface area contributed by atoms with Gasteiger partial charge < -0.3 is 0 Å². The van der Waals surface area contributed by atoms with Crippen molar-refractivity contribution in [2.24, 2.45) is 11.8 Å². The van der Waals surface area contributed by atoms with Crippen LogP contribution in [0, 0.1) is 11.8 Å². The molecule has 0 aliphatic rings. The van der Waals surface area contributed by atoms with Crippen LogP contribution in [0.1, 0.15) is 72.6 Å². The minimum atomic E-state index is 0.915. The lowest BCUT2D eigenvalue weighted by Gasteiger charge is -2.18. The summed E-state index contributed by atoms with van der Waals surface area (Å²) in [5, 5.41) is 0. The van der Waals surface area contributed by atoms with Crippen molar-refractivity contribution >= 4 is 0 Å². The molecule has 0 heterocycles. The Balaban J connectivity index is 3.64. The molecule has 0 radical (unpaired) electrons. The largest absolute Gasteiger partial charge is 0.0917 e. The van der Waals surface area contributed by atoms with E-state index in [1.165, 1.54) is 44.9 Å². The minimum absolute atomic E-state index is 0.915. The number of allylic oxidation sites excluding steroid dienone is 2. The number of unbranched alkanes of at least 4 members (excludes halogenated alkanes) is 2. The second-order valence-electron chi connectivity index (χ2n) is 4.92. The summed E-state index contributed by atoms with van der Waals surface area (Å²) in [7, 11) is 0. The molecule has 90 valence electrons. The second-order valence-corrected chi connectivity index (χ2v) is 4.92. The van der Waals surface area contributed by atoms with Gasteiger partial charge in [-0.15, -0.1) is 0 Å². The summed E-state index contributed by atoms with van der Waals surface area (Å²) >= 11 is 0. The Bertz CT molecular complexity index is 146. The first-order chi connectivity index (χ1) is 7.24. The number of rotatable bonds is 9. The zero-order chi connectivity index (χ0) is 11.5. The molecule has 0 saturated carbocycles. The van der Waals surface area contributed by atoms with E-state index in [0.717, 1.165) is 11.8 Å². The summed E-state index contributed by atoms with van der Waals surface area (Å²) in [6.07, 6.45) is 14.2. The van der Waals surface area contributed by atoms with Gasteiger partial charge in [-0.1, -0.05) is 65.0 Å². The lowest BCUT2D eigenvalue weighted by molar-refractivity contribution is 0.358. The summed E-state index contributed by atoms with van der Waals surface area (Å²) in [4.78, 5) is 0. The van der Waals surface area contributed by atoms with E-state index in [2.05, 4.69) is 39.8 Å². The Morgan fingerprint density at radius 3 is 2.40 bits per heavy atom. The molecular formula is C15H30. The van der Waals surface area contributed by atoms with Crippen molar-refractivity contribution in [3.05, 3.63) is 12.2 Å². The van der Waals surface area contributed by atoms with E-state index in [-0.39, 0.29) is 0 Å². The van der Waals surface area contributed by atoms with Crippen molar-refractivity contribution in [3.63, 3.8) is 0 Å². The molecule has 0 aromatic rings. The third kappa shape index (κ3) is 8.72. The lowest BCUT2D eigenvalue weighted by Crippen LogP contribution is -2.05. The Kier molecular flexibility index (Phi) is 10.1. The molecule has 2 atom stereocenters. The van der Waals surface area contributed by atoms with Crippen molar-refractivity contribution in [2.45, 2.75) is 72.6 Å². The molecule has 0 amide bonds. The molecule has 15 heavy (non-hydrogen) atoms. The molecule has 0 spiro atoms. The van der Waals surface area contributed by atoms with Gasteiger partial charge in [-0.2, -0.15) is 0 Å². The number of hydrogen-bond acceptors (Lipinski definition) is 0. The highest BCUT2D eigenvalue weighted by molar-refractivity contribution is 4.80. The van der Waals surface area contributed by atoms with Gasteiger partial charge in [-0.25, -0.2) is 0 Å². The maximum absolute atomic E-state index is 2.42. The normalized spacial score (nSPS) is 15.7. The summed E-state index contributed by atoms with van der Waals surface area (Å²) in [5.74, 6) is 1.84. The number of hydrogen-bond donors (Lipinski definition) is 0. The maximum atomic E-state index is 2.42. The molecular weight excluding hydrogens is 180 g/mol. The summed E-state index contributed by atoms with van der Waals surface area (Å²) in [5.41, 5.74) is 0. The highest BCUT2D eigenvalue weighted by Gasteiger charge is 2.09. The molecule has 0 fully saturated rings. The zero-order valence-electron chi connectivity index (χ0n) is 11.3. The van der Waals surface area contributed by atoms with Gasteiger partial charge in [0.25, 0.3) is 0 Å². The molecule has 0 aromatic heterocycles. The monoisotopic (exact) mass is 210 g/mol. The Morgan fingerprint density at radius 1 is 1.13 bits per heavy atom. The predicted molar refractivity (Wildman–Crippen MR) is 71.1 cm³/mol. The molecule has 0 heteroatoms. The Labute approximate surface area is 97.2 Å². The fourth-order valence-electron chi connectivity index (χ4n) is 2.19. The fraction of sp³-hybridized carbons (Fsp3) is 0.867. The quantitative estimate of drug-likeness (QED) is 0.344. The molecule has 0 rings (SSSR count). The summed E-state index contributed by atoms with van der Waals surface area (Å²) in [6, 6.07) is 0. The van der Waals surface area contributed by atoms with Crippen LogP contribution >= 0.6 is 0 Å².